The zero-order valence-corrected chi connectivity index (χ0v) is 18.5. The third-order valence-corrected chi connectivity index (χ3v) is 5.67. The number of aryl methyl sites for hydroxylation is 3. The van der Waals surface area contributed by atoms with Crippen molar-refractivity contribution in [2.24, 2.45) is 7.05 Å². The van der Waals surface area contributed by atoms with Crippen LogP contribution in [0.2, 0.25) is 0 Å². The van der Waals surface area contributed by atoms with Gasteiger partial charge in [-0.15, -0.1) is 5.10 Å². The van der Waals surface area contributed by atoms with Crippen molar-refractivity contribution in [1.29, 1.82) is 0 Å². The maximum Gasteiger partial charge on any atom is 0.258 e. The van der Waals surface area contributed by atoms with Crippen LogP contribution in [0.4, 0.5) is 0 Å². The Balaban J connectivity index is 1.32. The number of fused-ring (bicyclic) bond motifs is 1. The van der Waals surface area contributed by atoms with Crippen LogP contribution in [-0.4, -0.2) is 33.4 Å². The minimum atomic E-state index is -0.199. The van der Waals surface area contributed by atoms with Crippen LogP contribution in [0, 0.1) is 13.8 Å². The van der Waals surface area contributed by atoms with Gasteiger partial charge in [0.25, 0.3) is 5.91 Å². The van der Waals surface area contributed by atoms with Crippen LogP contribution >= 0.6 is 0 Å². The lowest BCUT2D eigenvalue weighted by atomic mass is 9.98. The number of aromatic nitrogens is 3. The predicted molar refractivity (Wildman–Crippen MR) is 119 cm³/mol. The molecule has 0 aliphatic heterocycles. The normalized spacial score (nSPS) is 14.5. The van der Waals surface area contributed by atoms with E-state index in [-0.39, 0.29) is 12.5 Å². The summed E-state index contributed by atoms with van der Waals surface area (Å²) < 4.78 is 13.5. The van der Waals surface area contributed by atoms with Crippen molar-refractivity contribution in [2.75, 3.05) is 6.61 Å². The largest absolute Gasteiger partial charge is 0.490 e. The Kier molecular flexibility index (Phi) is 6.39. The molecular formula is C24H30N4O3. The molecule has 164 valence electrons. The Morgan fingerprint density at radius 2 is 2.00 bits per heavy atom. The third-order valence-electron chi connectivity index (χ3n) is 5.67. The Hall–Kier alpha value is -3.09. The van der Waals surface area contributed by atoms with E-state index < -0.39 is 0 Å². The highest BCUT2D eigenvalue weighted by Gasteiger charge is 2.16. The van der Waals surface area contributed by atoms with Crippen LogP contribution in [-0.2, 0) is 18.4 Å². The lowest BCUT2D eigenvalue weighted by Crippen LogP contribution is -2.28. The summed E-state index contributed by atoms with van der Waals surface area (Å²) in [7, 11) is 1.82. The Labute approximate surface area is 182 Å². The standard InChI is InChI=1S/C24H30N4O3/c1-16-12-17(2)26-23-22(16)24(27-28(23)3)30-15-21(29)25-14-18-8-7-11-20(13-18)31-19-9-5-4-6-10-19/h7-8,11-13,19H,4-6,9-10,14-15H2,1-3H3,(H,25,29). The van der Waals surface area contributed by atoms with E-state index in [2.05, 4.69) is 15.4 Å². The summed E-state index contributed by atoms with van der Waals surface area (Å²) in [4.78, 5) is 16.9. The van der Waals surface area contributed by atoms with Crippen molar-refractivity contribution >= 4 is 16.9 Å². The minimum Gasteiger partial charge on any atom is -0.490 e. The molecule has 1 aliphatic rings. The number of nitrogens with zero attached hydrogens (tertiary/aromatic N) is 3. The van der Waals surface area contributed by atoms with Gasteiger partial charge in [0.1, 0.15) is 5.75 Å². The Bertz CT molecular complexity index is 1070. The van der Waals surface area contributed by atoms with E-state index in [0.717, 1.165) is 46.4 Å². The second-order valence-corrected chi connectivity index (χ2v) is 8.30. The van der Waals surface area contributed by atoms with E-state index in [1.165, 1.54) is 19.3 Å². The van der Waals surface area contributed by atoms with E-state index in [1.807, 2.05) is 51.2 Å². The van der Waals surface area contributed by atoms with Crippen LogP contribution in [0.3, 0.4) is 0 Å². The second-order valence-electron chi connectivity index (χ2n) is 8.30. The number of rotatable bonds is 7. The van der Waals surface area contributed by atoms with Crippen LogP contribution in [0.25, 0.3) is 11.0 Å². The fourth-order valence-electron chi connectivity index (χ4n) is 4.14. The fourth-order valence-corrected chi connectivity index (χ4v) is 4.14. The van der Waals surface area contributed by atoms with Gasteiger partial charge in [0.15, 0.2) is 12.3 Å². The molecule has 2 aromatic heterocycles. The molecule has 0 atom stereocenters. The molecule has 2 heterocycles. The molecule has 1 fully saturated rings. The molecule has 1 N–H and O–H groups in total. The zero-order chi connectivity index (χ0) is 21.8. The first-order valence-electron chi connectivity index (χ1n) is 11.0. The third kappa shape index (κ3) is 5.16. The van der Waals surface area contributed by atoms with Crippen molar-refractivity contribution in [3.63, 3.8) is 0 Å². The first kappa shape index (κ1) is 21.2. The fraction of sp³-hybridized carbons (Fsp3) is 0.458. The van der Waals surface area contributed by atoms with Gasteiger partial charge in [0.05, 0.1) is 11.5 Å². The van der Waals surface area contributed by atoms with Gasteiger partial charge >= 0.3 is 0 Å². The van der Waals surface area contributed by atoms with Gasteiger partial charge in [-0.1, -0.05) is 18.6 Å². The summed E-state index contributed by atoms with van der Waals surface area (Å²) in [6, 6.07) is 9.92. The van der Waals surface area contributed by atoms with Crippen LogP contribution < -0.4 is 14.8 Å². The van der Waals surface area contributed by atoms with E-state index >= 15 is 0 Å². The lowest BCUT2D eigenvalue weighted by Gasteiger charge is -2.23. The summed E-state index contributed by atoms with van der Waals surface area (Å²) in [5.74, 6) is 1.10. The van der Waals surface area contributed by atoms with Gasteiger partial charge in [-0.3, -0.25) is 4.79 Å². The highest BCUT2D eigenvalue weighted by Crippen LogP contribution is 2.27. The molecule has 1 aromatic carbocycles. The number of nitrogens with one attached hydrogen (secondary N) is 1. The number of hydrogen-bond acceptors (Lipinski definition) is 5. The first-order valence-corrected chi connectivity index (χ1v) is 11.0. The van der Waals surface area contributed by atoms with Crippen LogP contribution in [0.5, 0.6) is 11.6 Å². The predicted octanol–water partition coefficient (Wildman–Crippen LogP) is 3.99. The molecule has 7 heteroatoms. The topological polar surface area (TPSA) is 78.3 Å². The molecule has 0 saturated heterocycles. The molecule has 31 heavy (non-hydrogen) atoms. The number of pyridine rings is 1. The Morgan fingerprint density at radius 1 is 1.19 bits per heavy atom. The van der Waals surface area contributed by atoms with Gasteiger partial charge in [0, 0.05) is 19.3 Å². The maximum absolute atomic E-state index is 12.4. The van der Waals surface area contributed by atoms with Crippen molar-refractivity contribution in [2.45, 2.75) is 58.6 Å². The summed E-state index contributed by atoms with van der Waals surface area (Å²) in [5.41, 5.74) is 3.70. The quantitative estimate of drug-likeness (QED) is 0.623. The molecule has 0 spiro atoms. The molecule has 4 rings (SSSR count). The number of ether oxygens (including phenoxy) is 2. The molecule has 1 amide bonds. The molecular weight excluding hydrogens is 392 g/mol. The summed E-state index contributed by atoms with van der Waals surface area (Å²) >= 11 is 0. The number of carbonyl (C=O) groups is 1. The highest BCUT2D eigenvalue weighted by atomic mass is 16.5. The molecule has 0 bridgehead atoms. The molecule has 7 nitrogen and oxygen atoms in total. The number of hydrogen-bond donors (Lipinski definition) is 1. The summed E-state index contributed by atoms with van der Waals surface area (Å²) in [5, 5.41) is 8.13. The van der Waals surface area contributed by atoms with Gasteiger partial charge in [-0.25, -0.2) is 9.67 Å². The molecule has 0 radical (unpaired) electrons. The summed E-state index contributed by atoms with van der Waals surface area (Å²) in [6.45, 7) is 4.26. The number of benzene rings is 1. The molecule has 3 aromatic rings. The molecule has 1 saturated carbocycles. The van der Waals surface area contributed by atoms with Gasteiger partial charge in [-0.2, -0.15) is 0 Å². The van der Waals surface area contributed by atoms with Gasteiger partial charge < -0.3 is 14.8 Å². The zero-order valence-electron chi connectivity index (χ0n) is 18.5. The Morgan fingerprint density at radius 3 is 2.81 bits per heavy atom. The second kappa shape index (κ2) is 9.37. The van der Waals surface area contributed by atoms with Crippen LogP contribution in [0.1, 0.15) is 48.9 Å². The smallest absolute Gasteiger partial charge is 0.258 e. The monoisotopic (exact) mass is 422 g/mol. The first-order chi connectivity index (χ1) is 15.0. The molecule has 0 unspecified atom stereocenters. The van der Waals surface area contributed by atoms with Crippen molar-refractivity contribution < 1.29 is 14.3 Å². The minimum absolute atomic E-state index is 0.0995. The van der Waals surface area contributed by atoms with Crippen LogP contribution in [0.15, 0.2) is 30.3 Å². The SMILES string of the molecule is Cc1cc(C)c2c(OCC(=O)NCc3cccc(OC4CCCCC4)c3)nn(C)c2n1. The van der Waals surface area contributed by atoms with Crippen molar-refractivity contribution in [3.8, 4) is 11.6 Å². The van der Waals surface area contributed by atoms with E-state index in [9.17, 15) is 4.79 Å². The number of carbonyl (C=O) groups excluding carboxylic acids is 1. The van der Waals surface area contributed by atoms with E-state index in [4.69, 9.17) is 9.47 Å². The van der Waals surface area contributed by atoms with E-state index in [0.29, 0.717) is 18.5 Å². The summed E-state index contributed by atoms with van der Waals surface area (Å²) in [6.07, 6.45) is 6.33. The number of amides is 1. The van der Waals surface area contributed by atoms with Crippen molar-refractivity contribution in [3.05, 3.63) is 47.2 Å². The highest BCUT2D eigenvalue weighted by molar-refractivity contribution is 5.85. The molecule has 1 aliphatic carbocycles. The maximum atomic E-state index is 12.4. The average molecular weight is 423 g/mol. The lowest BCUT2D eigenvalue weighted by molar-refractivity contribution is -0.123. The van der Waals surface area contributed by atoms with Gasteiger partial charge in [-0.05, 0) is 68.9 Å². The van der Waals surface area contributed by atoms with Crippen molar-refractivity contribution in [1.82, 2.24) is 20.1 Å². The van der Waals surface area contributed by atoms with Gasteiger partial charge in [0.2, 0.25) is 5.88 Å². The average Bonchev–Trinajstić information content (AvgIpc) is 3.07. The van der Waals surface area contributed by atoms with E-state index in [1.54, 1.807) is 4.68 Å².